The third kappa shape index (κ3) is 4.74. The van der Waals surface area contributed by atoms with Crippen LogP contribution in [0.25, 0.3) is 0 Å². The van der Waals surface area contributed by atoms with Gasteiger partial charge in [-0.2, -0.15) is 0 Å². The highest BCUT2D eigenvalue weighted by Gasteiger charge is 2.33. The van der Waals surface area contributed by atoms with Gasteiger partial charge >= 0.3 is 0 Å². The molecule has 1 aliphatic heterocycles. The highest BCUT2D eigenvalue weighted by Crippen LogP contribution is 2.24. The van der Waals surface area contributed by atoms with Crippen LogP contribution in [0.3, 0.4) is 0 Å². The minimum atomic E-state index is -0.541. The molecule has 2 amide bonds. The maximum absolute atomic E-state index is 12.3. The van der Waals surface area contributed by atoms with Gasteiger partial charge in [-0.05, 0) is 24.6 Å². The van der Waals surface area contributed by atoms with Crippen LogP contribution >= 0.6 is 0 Å². The maximum atomic E-state index is 12.3. The Kier molecular flexibility index (Phi) is 6.38. The number of nitrogens with zero attached hydrogens (tertiary/aromatic N) is 3. The molecule has 0 unspecified atom stereocenters. The van der Waals surface area contributed by atoms with Crippen molar-refractivity contribution in [2.24, 2.45) is 5.73 Å². The van der Waals surface area contributed by atoms with Crippen LogP contribution in [0.2, 0.25) is 0 Å². The number of para-hydroxylation sites is 1. The van der Waals surface area contributed by atoms with Crippen molar-refractivity contribution in [1.82, 2.24) is 15.3 Å². The molecule has 1 aromatic heterocycles. The van der Waals surface area contributed by atoms with Crippen molar-refractivity contribution in [1.29, 1.82) is 0 Å². The van der Waals surface area contributed by atoms with Gasteiger partial charge < -0.3 is 26.0 Å². The predicted octanol–water partition coefficient (Wildman–Crippen LogP) is 0.398. The molecule has 1 fully saturated rings. The van der Waals surface area contributed by atoms with Gasteiger partial charge in [0.2, 0.25) is 5.91 Å². The number of rotatable bonds is 8. The van der Waals surface area contributed by atoms with E-state index in [0.717, 1.165) is 12.2 Å². The average Bonchev–Trinajstić information content (AvgIpc) is 3.15. The van der Waals surface area contributed by atoms with Crippen molar-refractivity contribution in [3.05, 3.63) is 48.4 Å². The fraction of sp³-hybridized carbons (Fsp3) is 0.368. The number of ether oxygens (including phenoxy) is 1. The summed E-state index contributed by atoms with van der Waals surface area (Å²) in [5, 5.41) is 5.89. The summed E-state index contributed by atoms with van der Waals surface area (Å²) in [4.78, 5) is 34.1. The van der Waals surface area contributed by atoms with Gasteiger partial charge in [0.1, 0.15) is 12.1 Å². The van der Waals surface area contributed by atoms with Gasteiger partial charge in [0, 0.05) is 32.1 Å². The molecule has 0 spiro atoms. The number of carbonyl (C=O) groups excluding carboxylic acids is 2. The molecule has 1 aliphatic rings. The van der Waals surface area contributed by atoms with Crippen molar-refractivity contribution in [3.8, 4) is 0 Å². The van der Waals surface area contributed by atoms with Crippen molar-refractivity contribution in [2.45, 2.75) is 18.6 Å². The number of benzene rings is 1. The van der Waals surface area contributed by atoms with E-state index in [1.807, 2.05) is 6.07 Å². The van der Waals surface area contributed by atoms with Crippen LogP contribution in [0.4, 0.5) is 11.5 Å². The van der Waals surface area contributed by atoms with E-state index >= 15 is 0 Å². The van der Waals surface area contributed by atoms with Crippen molar-refractivity contribution >= 4 is 23.3 Å². The molecule has 28 heavy (non-hydrogen) atoms. The van der Waals surface area contributed by atoms with E-state index in [1.54, 1.807) is 37.6 Å². The molecule has 0 bridgehead atoms. The monoisotopic (exact) mass is 384 g/mol. The number of hydrogen-bond acceptors (Lipinski definition) is 7. The second-order valence-corrected chi connectivity index (χ2v) is 6.53. The molecule has 2 aromatic rings. The molecule has 1 saturated heterocycles. The van der Waals surface area contributed by atoms with E-state index < -0.39 is 5.91 Å². The molecule has 2 atom stereocenters. The first-order valence-corrected chi connectivity index (χ1v) is 9.03. The van der Waals surface area contributed by atoms with E-state index in [-0.39, 0.29) is 24.6 Å². The minimum absolute atomic E-state index is 0.0399. The number of hydrogen-bond donors (Lipinski definition) is 3. The molecular formula is C19H24N6O3. The van der Waals surface area contributed by atoms with Crippen molar-refractivity contribution in [2.75, 3.05) is 37.0 Å². The zero-order valence-electron chi connectivity index (χ0n) is 15.7. The molecule has 9 nitrogen and oxygen atoms in total. The van der Waals surface area contributed by atoms with E-state index in [0.29, 0.717) is 24.3 Å². The molecule has 2 heterocycles. The normalized spacial score (nSPS) is 18.7. The summed E-state index contributed by atoms with van der Waals surface area (Å²) in [6.45, 7) is 1.21. The van der Waals surface area contributed by atoms with Crippen molar-refractivity contribution < 1.29 is 14.3 Å². The lowest BCUT2D eigenvalue weighted by atomic mass is 10.1. The van der Waals surface area contributed by atoms with Crippen LogP contribution < -0.4 is 21.3 Å². The Morgan fingerprint density at radius 2 is 2.14 bits per heavy atom. The molecule has 1 aromatic carbocycles. The lowest BCUT2D eigenvalue weighted by Gasteiger charge is -2.25. The van der Waals surface area contributed by atoms with Crippen molar-refractivity contribution in [3.63, 3.8) is 0 Å². The van der Waals surface area contributed by atoms with E-state index in [9.17, 15) is 9.59 Å². The summed E-state index contributed by atoms with van der Waals surface area (Å²) in [5.74, 6) is 0.0886. The number of aromatic nitrogens is 2. The van der Waals surface area contributed by atoms with Crippen LogP contribution in [0.1, 0.15) is 16.8 Å². The Morgan fingerprint density at radius 1 is 1.32 bits per heavy atom. The first-order valence-electron chi connectivity index (χ1n) is 9.03. The molecule has 148 valence electrons. The number of methoxy groups -OCH3 is 1. The second kappa shape index (κ2) is 9.14. The number of amides is 2. The highest BCUT2D eigenvalue weighted by atomic mass is 16.5. The molecule has 0 radical (unpaired) electrons. The fourth-order valence-electron chi connectivity index (χ4n) is 3.29. The van der Waals surface area contributed by atoms with Gasteiger partial charge in [-0.25, -0.2) is 9.97 Å². The summed E-state index contributed by atoms with van der Waals surface area (Å²) in [6, 6.07) is 8.74. The number of nitrogens with two attached hydrogens (primary N) is 1. The third-order valence-electron chi connectivity index (χ3n) is 4.74. The molecular weight excluding hydrogens is 360 g/mol. The van der Waals surface area contributed by atoms with Crippen LogP contribution in [-0.4, -0.2) is 60.7 Å². The Balaban J connectivity index is 1.55. The maximum Gasteiger partial charge on any atom is 0.250 e. The van der Waals surface area contributed by atoms with E-state index in [2.05, 4.69) is 25.5 Å². The van der Waals surface area contributed by atoms with Crippen LogP contribution in [0.5, 0.6) is 0 Å². The van der Waals surface area contributed by atoms with Gasteiger partial charge in [-0.3, -0.25) is 9.59 Å². The quantitative estimate of drug-likeness (QED) is 0.602. The van der Waals surface area contributed by atoms with Crippen LogP contribution in [0, 0.1) is 0 Å². The highest BCUT2D eigenvalue weighted by molar-refractivity contribution is 5.99. The van der Waals surface area contributed by atoms with Crippen LogP contribution in [0.15, 0.2) is 42.9 Å². The SMILES string of the molecule is CO[C@H]1C[C@@H](CNC(=O)CNc2ccccc2C(N)=O)N(c2ccncn2)C1. The standard InChI is InChI=1S/C19H24N6O3/c1-28-14-8-13(25(11-14)17-6-7-21-12-24-17)9-23-18(26)10-22-16-5-3-2-4-15(16)19(20)27/h2-7,12-14,22H,8-11H2,1H3,(H2,20,27)(H,23,26)/t13-,14-/m0/s1. The molecule has 0 saturated carbocycles. The van der Waals surface area contributed by atoms with Gasteiger partial charge in [0.05, 0.1) is 24.3 Å². The topological polar surface area (TPSA) is 122 Å². The predicted molar refractivity (Wildman–Crippen MR) is 105 cm³/mol. The fourth-order valence-corrected chi connectivity index (χ4v) is 3.29. The average molecular weight is 384 g/mol. The summed E-state index contributed by atoms with van der Waals surface area (Å²) >= 11 is 0. The van der Waals surface area contributed by atoms with Gasteiger partial charge in [-0.15, -0.1) is 0 Å². The molecule has 0 aliphatic carbocycles. The summed E-state index contributed by atoms with van der Waals surface area (Å²) < 4.78 is 5.49. The lowest BCUT2D eigenvalue weighted by molar-refractivity contribution is -0.119. The zero-order chi connectivity index (χ0) is 19.9. The summed E-state index contributed by atoms with van der Waals surface area (Å²) in [7, 11) is 1.68. The summed E-state index contributed by atoms with van der Waals surface area (Å²) in [6.07, 6.45) is 4.07. The first-order chi connectivity index (χ1) is 13.6. The Hall–Kier alpha value is -3.20. The largest absolute Gasteiger partial charge is 0.380 e. The number of carbonyl (C=O) groups is 2. The van der Waals surface area contributed by atoms with E-state index in [1.165, 1.54) is 6.33 Å². The molecule has 3 rings (SSSR count). The third-order valence-corrected chi connectivity index (χ3v) is 4.74. The second-order valence-electron chi connectivity index (χ2n) is 6.53. The Morgan fingerprint density at radius 3 is 2.86 bits per heavy atom. The Bertz CT molecular complexity index is 816. The van der Waals surface area contributed by atoms with Crippen LogP contribution in [-0.2, 0) is 9.53 Å². The minimum Gasteiger partial charge on any atom is -0.380 e. The molecule has 4 N–H and O–H groups in total. The Labute approximate surface area is 163 Å². The zero-order valence-corrected chi connectivity index (χ0v) is 15.7. The van der Waals surface area contributed by atoms with Gasteiger partial charge in [0.15, 0.2) is 0 Å². The number of primary amides is 1. The van der Waals surface area contributed by atoms with Gasteiger partial charge in [-0.1, -0.05) is 12.1 Å². The van der Waals surface area contributed by atoms with Gasteiger partial charge in [0.25, 0.3) is 5.91 Å². The molecule has 9 heteroatoms. The smallest absolute Gasteiger partial charge is 0.250 e. The first kappa shape index (κ1) is 19.6. The number of nitrogens with one attached hydrogen (secondary N) is 2. The number of anilines is 2. The summed E-state index contributed by atoms with van der Waals surface area (Å²) in [5.41, 5.74) is 6.24. The lowest BCUT2D eigenvalue weighted by Crippen LogP contribution is -2.42. The van der Waals surface area contributed by atoms with E-state index in [4.69, 9.17) is 10.5 Å².